The van der Waals surface area contributed by atoms with E-state index in [0.29, 0.717) is 6.04 Å². The summed E-state index contributed by atoms with van der Waals surface area (Å²) in [6.07, 6.45) is 1.94. The number of benzene rings is 1. The highest BCUT2D eigenvalue weighted by atomic mass is 16.3. The molecule has 0 spiro atoms. The van der Waals surface area contributed by atoms with E-state index in [1.165, 1.54) is 16.7 Å². The minimum Gasteiger partial charge on any atom is -0.392 e. The first-order valence-corrected chi connectivity index (χ1v) is 8.10. The van der Waals surface area contributed by atoms with Crippen LogP contribution in [0.3, 0.4) is 0 Å². The van der Waals surface area contributed by atoms with Gasteiger partial charge in [-0.25, -0.2) is 0 Å². The maximum Gasteiger partial charge on any atom is 0.0638 e. The molecule has 120 valence electrons. The van der Waals surface area contributed by atoms with E-state index in [1.54, 1.807) is 0 Å². The molecule has 1 aromatic carbocycles. The summed E-state index contributed by atoms with van der Waals surface area (Å²) in [5, 5.41) is 13.1. The van der Waals surface area contributed by atoms with Gasteiger partial charge in [0.2, 0.25) is 0 Å². The second-order valence-electron chi connectivity index (χ2n) is 6.33. The first-order valence-electron chi connectivity index (χ1n) is 8.10. The number of aryl methyl sites for hydroxylation is 2. The Morgan fingerprint density at radius 3 is 2.33 bits per heavy atom. The van der Waals surface area contributed by atoms with E-state index in [0.717, 1.165) is 32.5 Å². The van der Waals surface area contributed by atoms with Crippen molar-refractivity contribution in [3.8, 4) is 0 Å². The number of rotatable bonds is 9. The highest BCUT2D eigenvalue weighted by Crippen LogP contribution is 2.20. The fourth-order valence-electron chi connectivity index (χ4n) is 2.81. The van der Waals surface area contributed by atoms with Gasteiger partial charge in [-0.15, -0.1) is 0 Å². The van der Waals surface area contributed by atoms with Crippen LogP contribution < -0.4 is 5.32 Å². The predicted molar refractivity (Wildman–Crippen MR) is 90.7 cm³/mol. The van der Waals surface area contributed by atoms with Crippen LogP contribution in [-0.4, -0.2) is 42.8 Å². The van der Waals surface area contributed by atoms with Crippen LogP contribution in [0.1, 0.15) is 49.4 Å². The molecule has 0 fully saturated rings. The third-order valence-electron chi connectivity index (χ3n) is 3.66. The third kappa shape index (κ3) is 7.07. The quantitative estimate of drug-likeness (QED) is 0.734. The number of hydrogen-bond donors (Lipinski definition) is 2. The van der Waals surface area contributed by atoms with Gasteiger partial charge in [0.25, 0.3) is 0 Å². The topological polar surface area (TPSA) is 35.5 Å². The molecule has 21 heavy (non-hydrogen) atoms. The van der Waals surface area contributed by atoms with E-state index in [2.05, 4.69) is 56.2 Å². The number of nitrogens with one attached hydrogen (secondary N) is 1. The standard InChI is InChI=1S/C18H32N2O/c1-6-8-19-18(7-9-20(5)13-16(4)21)17-11-14(2)10-15(3)12-17/h10-12,16,18-19,21H,6-9,13H2,1-5H3. The Kier molecular flexibility index (Phi) is 7.94. The van der Waals surface area contributed by atoms with Crippen molar-refractivity contribution >= 4 is 0 Å². The van der Waals surface area contributed by atoms with Gasteiger partial charge in [-0.2, -0.15) is 0 Å². The maximum atomic E-state index is 9.46. The van der Waals surface area contributed by atoms with Crippen LogP contribution in [0.4, 0.5) is 0 Å². The zero-order valence-electron chi connectivity index (χ0n) is 14.3. The molecular formula is C18H32N2O. The lowest BCUT2D eigenvalue weighted by Crippen LogP contribution is -2.31. The number of aliphatic hydroxyl groups excluding tert-OH is 1. The van der Waals surface area contributed by atoms with Gasteiger partial charge in [0, 0.05) is 12.6 Å². The molecule has 0 bridgehead atoms. The Hall–Kier alpha value is -0.900. The number of nitrogens with zero attached hydrogens (tertiary/aromatic N) is 1. The van der Waals surface area contributed by atoms with Crippen LogP contribution >= 0.6 is 0 Å². The largest absolute Gasteiger partial charge is 0.392 e. The van der Waals surface area contributed by atoms with Crippen molar-refractivity contribution in [3.05, 3.63) is 34.9 Å². The van der Waals surface area contributed by atoms with Gasteiger partial charge in [0.15, 0.2) is 0 Å². The minimum absolute atomic E-state index is 0.265. The summed E-state index contributed by atoms with van der Waals surface area (Å²) in [7, 11) is 2.07. The number of aliphatic hydroxyl groups is 1. The van der Waals surface area contributed by atoms with Crippen molar-refractivity contribution in [1.82, 2.24) is 10.2 Å². The summed E-state index contributed by atoms with van der Waals surface area (Å²) in [5.74, 6) is 0. The highest BCUT2D eigenvalue weighted by molar-refractivity contribution is 5.30. The van der Waals surface area contributed by atoms with Gasteiger partial charge in [-0.3, -0.25) is 0 Å². The molecular weight excluding hydrogens is 260 g/mol. The van der Waals surface area contributed by atoms with Crippen molar-refractivity contribution in [2.75, 3.05) is 26.7 Å². The van der Waals surface area contributed by atoms with Crippen molar-refractivity contribution < 1.29 is 5.11 Å². The van der Waals surface area contributed by atoms with Gasteiger partial charge in [-0.05, 0) is 59.3 Å². The molecule has 3 nitrogen and oxygen atoms in total. The van der Waals surface area contributed by atoms with Gasteiger partial charge in [0.05, 0.1) is 6.10 Å². The molecule has 0 aromatic heterocycles. The summed E-state index contributed by atoms with van der Waals surface area (Å²) >= 11 is 0. The van der Waals surface area contributed by atoms with Crippen molar-refractivity contribution in [3.63, 3.8) is 0 Å². The summed E-state index contributed by atoms with van der Waals surface area (Å²) in [5.41, 5.74) is 4.03. The molecule has 0 aliphatic rings. The molecule has 2 unspecified atom stereocenters. The number of likely N-dealkylation sites (N-methyl/N-ethyl adjacent to an activating group) is 1. The summed E-state index contributed by atoms with van der Waals surface area (Å²) < 4.78 is 0. The predicted octanol–water partition coefficient (Wildman–Crippen LogP) is 3.05. The van der Waals surface area contributed by atoms with Crippen LogP contribution in [0.25, 0.3) is 0 Å². The monoisotopic (exact) mass is 292 g/mol. The van der Waals surface area contributed by atoms with Crippen molar-refractivity contribution in [2.24, 2.45) is 0 Å². The zero-order chi connectivity index (χ0) is 15.8. The SMILES string of the molecule is CCCNC(CCN(C)CC(C)O)c1cc(C)cc(C)c1. The summed E-state index contributed by atoms with van der Waals surface area (Å²) in [6.45, 7) is 11.1. The second-order valence-corrected chi connectivity index (χ2v) is 6.33. The maximum absolute atomic E-state index is 9.46. The fourth-order valence-corrected chi connectivity index (χ4v) is 2.81. The van der Waals surface area contributed by atoms with Gasteiger partial charge in [-0.1, -0.05) is 36.2 Å². The summed E-state index contributed by atoms with van der Waals surface area (Å²) in [6, 6.07) is 7.18. The lowest BCUT2D eigenvalue weighted by Gasteiger charge is -2.24. The van der Waals surface area contributed by atoms with E-state index >= 15 is 0 Å². The molecule has 3 heteroatoms. The Bertz CT molecular complexity index is 397. The van der Waals surface area contributed by atoms with Crippen molar-refractivity contribution in [1.29, 1.82) is 0 Å². The average molecular weight is 292 g/mol. The molecule has 2 atom stereocenters. The molecule has 0 amide bonds. The molecule has 1 aromatic rings. The van der Waals surface area contributed by atoms with E-state index in [9.17, 15) is 5.11 Å². The van der Waals surface area contributed by atoms with E-state index in [1.807, 2.05) is 6.92 Å². The molecule has 0 heterocycles. The van der Waals surface area contributed by atoms with E-state index in [4.69, 9.17) is 0 Å². The molecule has 2 N–H and O–H groups in total. The first kappa shape index (κ1) is 18.1. The lowest BCUT2D eigenvalue weighted by atomic mass is 9.98. The van der Waals surface area contributed by atoms with Crippen LogP contribution in [0.15, 0.2) is 18.2 Å². The second kappa shape index (κ2) is 9.19. The third-order valence-corrected chi connectivity index (χ3v) is 3.66. The lowest BCUT2D eigenvalue weighted by molar-refractivity contribution is 0.139. The van der Waals surface area contributed by atoms with Gasteiger partial charge < -0.3 is 15.3 Å². The Labute approximate surface area is 130 Å². The van der Waals surface area contributed by atoms with Crippen LogP contribution in [-0.2, 0) is 0 Å². The number of hydrogen-bond acceptors (Lipinski definition) is 3. The average Bonchev–Trinajstić information content (AvgIpc) is 2.36. The zero-order valence-corrected chi connectivity index (χ0v) is 14.3. The van der Waals surface area contributed by atoms with Crippen molar-refractivity contribution in [2.45, 2.75) is 52.7 Å². The molecule has 0 aliphatic carbocycles. The molecule has 1 rings (SSSR count). The summed E-state index contributed by atoms with van der Waals surface area (Å²) in [4.78, 5) is 2.20. The van der Waals surface area contributed by atoms with Gasteiger partial charge >= 0.3 is 0 Å². The van der Waals surface area contributed by atoms with Gasteiger partial charge in [0.1, 0.15) is 0 Å². The molecule has 0 saturated heterocycles. The molecule has 0 aliphatic heterocycles. The minimum atomic E-state index is -0.265. The van der Waals surface area contributed by atoms with Crippen LogP contribution in [0.5, 0.6) is 0 Å². The van der Waals surface area contributed by atoms with Crippen LogP contribution in [0, 0.1) is 13.8 Å². The Morgan fingerprint density at radius 2 is 1.81 bits per heavy atom. The normalized spacial score (nSPS) is 14.4. The highest BCUT2D eigenvalue weighted by Gasteiger charge is 2.13. The van der Waals surface area contributed by atoms with E-state index in [-0.39, 0.29) is 6.10 Å². The Balaban J connectivity index is 2.70. The Morgan fingerprint density at radius 1 is 1.19 bits per heavy atom. The van der Waals surface area contributed by atoms with E-state index < -0.39 is 0 Å². The fraction of sp³-hybridized carbons (Fsp3) is 0.667. The smallest absolute Gasteiger partial charge is 0.0638 e. The first-order chi connectivity index (χ1) is 9.92. The molecule has 0 radical (unpaired) electrons. The van der Waals surface area contributed by atoms with Crippen LogP contribution in [0.2, 0.25) is 0 Å². The molecule has 0 saturated carbocycles.